The highest BCUT2D eigenvalue weighted by Crippen LogP contribution is 2.41. The van der Waals surface area contributed by atoms with Crippen LogP contribution in [0.3, 0.4) is 0 Å². The van der Waals surface area contributed by atoms with Crippen molar-refractivity contribution in [2.45, 2.75) is 77.4 Å². The molecule has 0 aliphatic carbocycles. The summed E-state index contributed by atoms with van der Waals surface area (Å²) in [5.74, 6) is -0.712. The molecule has 1 spiro atoms. The first kappa shape index (κ1) is 25.3. The van der Waals surface area contributed by atoms with Gasteiger partial charge in [0.15, 0.2) is 5.78 Å². The molecular formula is C26H34F3N3O3. The monoisotopic (exact) mass is 493 g/mol. The fraction of sp³-hybridized carbons (Fsp3) is 0.538. The van der Waals surface area contributed by atoms with Crippen molar-refractivity contribution < 1.29 is 28.9 Å². The Balaban J connectivity index is 0.00000361. The zero-order valence-electron chi connectivity index (χ0n) is 20.8. The zero-order chi connectivity index (χ0) is 25.8. The number of nitrogens with zero attached hydrogens (tertiary/aromatic N) is 2. The number of alkyl halides is 3. The number of fused-ring (bicyclic) bond motifs is 2. The van der Waals surface area contributed by atoms with E-state index in [4.69, 9.17) is 4.74 Å². The molecule has 4 rings (SSSR count). The number of rotatable bonds is 4. The summed E-state index contributed by atoms with van der Waals surface area (Å²) in [6.07, 6.45) is -3.89. The molecule has 1 amide bonds. The van der Waals surface area contributed by atoms with Crippen LogP contribution in [0, 0.1) is 0 Å². The minimum Gasteiger partial charge on any atom is -0.490 e. The molecule has 0 bridgehead atoms. The lowest BCUT2D eigenvalue weighted by molar-refractivity contribution is -0.139. The fourth-order valence-corrected chi connectivity index (χ4v) is 5.41. The number of nitrogens with one attached hydrogen (secondary N) is 1. The van der Waals surface area contributed by atoms with Gasteiger partial charge in [0.2, 0.25) is 0 Å². The highest BCUT2D eigenvalue weighted by Gasteiger charge is 2.46. The van der Waals surface area contributed by atoms with Crippen LogP contribution in [0.25, 0.3) is 0 Å². The van der Waals surface area contributed by atoms with E-state index in [9.17, 15) is 22.8 Å². The molecule has 35 heavy (non-hydrogen) atoms. The summed E-state index contributed by atoms with van der Waals surface area (Å²) >= 11 is 0. The summed E-state index contributed by atoms with van der Waals surface area (Å²) in [6, 6.07) is 7.32. The van der Waals surface area contributed by atoms with Crippen molar-refractivity contribution in [2.75, 3.05) is 13.1 Å². The number of carbonyl (C=O) groups excluding carboxylic acids is 2. The van der Waals surface area contributed by atoms with Crippen LogP contribution in [-0.2, 0) is 18.3 Å². The molecule has 0 radical (unpaired) electrons. The predicted octanol–water partition coefficient (Wildman–Crippen LogP) is 5.26. The van der Waals surface area contributed by atoms with Crippen molar-refractivity contribution in [1.29, 1.82) is 0 Å². The van der Waals surface area contributed by atoms with Crippen LogP contribution >= 0.6 is 0 Å². The Morgan fingerprint density at radius 2 is 1.77 bits per heavy atom. The Bertz CT molecular complexity index is 1150. The molecule has 0 unspecified atom stereocenters. The number of halogens is 3. The van der Waals surface area contributed by atoms with Crippen LogP contribution < -0.4 is 10.1 Å². The Hall–Kier alpha value is -2.81. The average Bonchev–Trinajstić information content (AvgIpc) is 3.16. The van der Waals surface area contributed by atoms with Gasteiger partial charge in [-0.05, 0) is 70.9 Å². The fourth-order valence-electron chi connectivity index (χ4n) is 5.41. The lowest BCUT2D eigenvalue weighted by Gasteiger charge is -2.51. The van der Waals surface area contributed by atoms with Gasteiger partial charge in [0.1, 0.15) is 5.75 Å². The number of likely N-dealkylation sites (tertiary alicyclic amines) is 1. The Labute approximate surface area is 204 Å². The van der Waals surface area contributed by atoms with E-state index < -0.39 is 29.3 Å². The standard InChI is InChI=1S/C26H32F3N3O3.H2/c1-16(2)35-21-8-6-18(14-19(21)26(27,28)29)23(34)31-12-10-25(11-13-31)22-9-7-20(17(3)33)32(22)15-24(4,5)30-25;/h6-9,14,16,30H,10-13,15H2,1-5H3;1H. The summed E-state index contributed by atoms with van der Waals surface area (Å²) in [7, 11) is 0. The lowest BCUT2D eigenvalue weighted by Crippen LogP contribution is -2.63. The minimum absolute atomic E-state index is 0. The number of benzene rings is 1. The average molecular weight is 494 g/mol. The Morgan fingerprint density at radius 3 is 2.34 bits per heavy atom. The van der Waals surface area contributed by atoms with Gasteiger partial charge in [-0.2, -0.15) is 13.2 Å². The second-order valence-corrected chi connectivity index (χ2v) is 10.5. The van der Waals surface area contributed by atoms with Crippen molar-refractivity contribution in [3.63, 3.8) is 0 Å². The third kappa shape index (κ3) is 4.83. The third-order valence-corrected chi connectivity index (χ3v) is 6.76. The molecule has 192 valence electrons. The van der Waals surface area contributed by atoms with E-state index in [1.807, 2.05) is 12.1 Å². The number of hydrogen-bond acceptors (Lipinski definition) is 4. The van der Waals surface area contributed by atoms with Crippen molar-refractivity contribution in [3.05, 3.63) is 52.8 Å². The normalized spacial score (nSPS) is 19.1. The van der Waals surface area contributed by atoms with E-state index in [2.05, 4.69) is 23.7 Å². The van der Waals surface area contributed by atoms with Crippen LogP contribution in [0.1, 0.15) is 81.0 Å². The van der Waals surface area contributed by atoms with Crippen molar-refractivity contribution >= 4 is 11.7 Å². The van der Waals surface area contributed by atoms with E-state index in [1.54, 1.807) is 25.7 Å². The van der Waals surface area contributed by atoms with Gasteiger partial charge >= 0.3 is 6.18 Å². The molecule has 3 heterocycles. The first-order valence-electron chi connectivity index (χ1n) is 11.9. The molecule has 1 aromatic heterocycles. The Kier molecular flexibility index (Phi) is 6.28. The van der Waals surface area contributed by atoms with Gasteiger partial charge in [0.05, 0.1) is 22.9 Å². The molecule has 1 aromatic carbocycles. The number of piperidine rings is 1. The summed E-state index contributed by atoms with van der Waals surface area (Å²) in [5, 5.41) is 3.74. The first-order chi connectivity index (χ1) is 16.2. The number of carbonyl (C=O) groups is 2. The smallest absolute Gasteiger partial charge is 0.419 e. The van der Waals surface area contributed by atoms with Gasteiger partial charge in [-0.1, -0.05) is 0 Å². The van der Waals surface area contributed by atoms with E-state index in [-0.39, 0.29) is 24.1 Å². The summed E-state index contributed by atoms with van der Waals surface area (Å²) in [4.78, 5) is 27.0. The number of aromatic nitrogens is 1. The maximum Gasteiger partial charge on any atom is 0.419 e. The summed E-state index contributed by atoms with van der Waals surface area (Å²) in [6.45, 7) is 10.4. The molecule has 6 nitrogen and oxygen atoms in total. The molecule has 1 saturated heterocycles. The molecule has 1 N–H and O–H groups in total. The number of ketones is 1. The number of ether oxygens (including phenoxy) is 1. The van der Waals surface area contributed by atoms with Crippen LogP contribution in [0.15, 0.2) is 30.3 Å². The van der Waals surface area contributed by atoms with E-state index in [1.165, 1.54) is 12.1 Å². The molecule has 1 fully saturated rings. The summed E-state index contributed by atoms with van der Waals surface area (Å²) in [5.41, 5.74) is 0.0353. The van der Waals surface area contributed by atoms with Gasteiger partial charge in [-0.25, -0.2) is 0 Å². The predicted molar refractivity (Wildman–Crippen MR) is 128 cm³/mol. The van der Waals surface area contributed by atoms with Crippen molar-refractivity contribution in [2.24, 2.45) is 0 Å². The largest absolute Gasteiger partial charge is 0.490 e. The minimum atomic E-state index is -4.64. The molecule has 2 aromatic rings. The van der Waals surface area contributed by atoms with E-state index in [0.717, 1.165) is 11.8 Å². The molecule has 2 aliphatic heterocycles. The third-order valence-electron chi connectivity index (χ3n) is 6.76. The van der Waals surface area contributed by atoms with Crippen molar-refractivity contribution in [1.82, 2.24) is 14.8 Å². The SMILES string of the molecule is CC(=O)c1ccc2n1CC(C)(C)NC21CCN(C(=O)c2ccc(OC(C)C)c(C(F)(F)F)c2)CC1.[HH]. The number of hydrogen-bond donors (Lipinski definition) is 1. The van der Waals surface area contributed by atoms with Crippen LogP contribution in [0.5, 0.6) is 5.75 Å². The highest BCUT2D eigenvalue weighted by atomic mass is 19.4. The molecule has 0 atom stereocenters. The van der Waals surface area contributed by atoms with Gasteiger partial charge in [0, 0.05) is 44.8 Å². The molecular weight excluding hydrogens is 459 g/mol. The van der Waals surface area contributed by atoms with Crippen LogP contribution in [0.2, 0.25) is 0 Å². The summed E-state index contributed by atoms with van der Waals surface area (Å²) < 4.78 is 48.4. The van der Waals surface area contributed by atoms with Gasteiger partial charge in [0.25, 0.3) is 5.91 Å². The molecule has 2 aliphatic rings. The topological polar surface area (TPSA) is 63.6 Å². The zero-order valence-corrected chi connectivity index (χ0v) is 20.8. The van der Waals surface area contributed by atoms with E-state index >= 15 is 0 Å². The van der Waals surface area contributed by atoms with E-state index in [0.29, 0.717) is 38.2 Å². The number of amides is 1. The second kappa shape index (κ2) is 8.69. The van der Waals surface area contributed by atoms with Gasteiger partial charge < -0.3 is 14.2 Å². The second-order valence-electron chi connectivity index (χ2n) is 10.5. The quantitative estimate of drug-likeness (QED) is 0.591. The Morgan fingerprint density at radius 1 is 1.11 bits per heavy atom. The number of Topliss-reactive ketones (excluding diaryl/α,β-unsaturated/α-hetero) is 1. The van der Waals surface area contributed by atoms with Gasteiger partial charge in [-0.3, -0.25) is 14.9 Å². The van der Waals surface area contributed by atoms with Crippen LogP contribution in [0.4, 0.5) is 13.2 Å². The van der Waals surface area contributed by atoms with Crippen LogP contribution in [-0.4, -0.2) is 45.9 Å². The first-order valence-corrected chi connectivity index (χ1v) is 11.9. The van der Waals surface area contributed by atoms with Gasteiger partial charge in [-0.15, -0.1) is 0 Å². The molecule has 9 heteroatoms. The lowest BCUT2D eigenvalue weighted by atomic mass is 9.79. The maximum absolute atomic E-state index is 13.7. The highest BCUT2D eigenvalue weighted by molar-refractivity contribution is 5.95. The molecule has 0 saturated carbocycles. The maximum atomic E-state index is 13.7. The van der Waals surface area contributed by atoms with Crippen molar-refractivity contribution in [3.8, 4) is 5.75 Å².